The number of rotatable bonds is 4. The molecule has 0 saturated carbocycles. The molecule has 0 spiro atoms. The number of likely N-dealkylation sites (tertiary alicyclic amines) is 1. The number of fused-ring (bicyclic) bond motifs is 1. The fourth-order valence-corrected chi connectivity index (χ4v) is 3.85. The number of hydrogen-bond acceptors (Lipinski definition) is 5. The Kier molecular flexibility index (Phi) is 5.04. The highest BCUT2D eigenvalue weighted by molar-refractivity contribution is 5.94. The molecule has 6 heteroatoms. The van der Waals surface area contributed by atoms with Crippen LogP contribution in [0.4, 0.5) is 0 Å². The van der Waals surface area contributed by atoms with Crippen LogP contribution in [0.1, 0.15) is 28.5 Å². The summed E-state index contributed by atoms with van der Waals surface area (Å²) in [6, 6.07) is 5.82. The fraction of sp³-hybridized carbons (Fsp3) is 0.500. The molecule has 2 saturated heterocycles. The van der Waals surface area contributed by atoms with E-state index in [-0.39, 0.29) is 12.0 Å². The molecule has 2 aliphatic heterocycles. The standard InChI is InChI=1S/C20H25N3O3/c1-2-18-4-3-16(9-21-18)20(24)23-12-17-11-22(6-8-26-19(17)13-23)10-15-5-7-25-14-15/h3-5,7,9,14,17,19H,2,6,8,10-13H2,1H3/t17-,19+/m0/s1. The average molecular weight is 355 g/mol. The second-order valence-corrected chi connectivity index (χ2v) is 7.14. The zero-order valence-corrected chi connectivity index (χ0v) is 15.1. The lowest BCUT2D eigenvalue weighted by atomic mass is 10.1. The lowest BCUT2D eigenvalue weighted by Gasteiger charge is -2.22. The molecular weight excluding hydrogens is 330 g/mol. The molecular formula is C20H25N3O3. The molecule has 1 amide bonds. The van der Waals surface area contributed by atoms with Crippen LogP contribution in [0.25, 0.3) is 0 Å². The summed E-state index contributed by atoms with van der Waals surface area (Å²) in [7, 11) is 0. The summed E-state index contributed by atoms with van der Waals surface area (Å²) in [6.45, 7) is 6.87. The molecule has 6 nitrogen and oxygen atoms in total. The smallest absolute Gasteiger partial charge is 0.255 e. The number of carbonyl (C=O) groups is 1. The highest BCUT2D eigenvalue weighted by atomic mass is 16.5. The molecule has 0 unspecified atom stereocenters. The number of carbonyl (C=O) groups excluding carboxylic acids is 1. The largest absolute Gasteiger partial charge is 0.472 e. The molecule has 2 aliphatic rings. The van der Waals surface area contributed by atoms with Crippen LogP contribution in [0.5, 0.6) is 0 Å². The number of hydrogen-bond donors (Lipinski definition) is 0. The first kappa shape index (κ1) is 17.2. The van der Waals surface area contributed by atoms with Crippen molar-refractivity contribution in [1.82, 2.24) is 14.8 Å². The fourth-order valence-electron chi connectivity index (χ4n) is 3.85. The van der Waals surface area contributed by atoms with Gasteiger partial charge in [-0.15, -0.1) is 0 Å². The number of aromatic nitrogens is 1. The Balaban J connectivity index is 1.40. The van der Waals surface area contributed by atoms with Gasteiger partial charge in [-0.1, -0.05) is 6.92 Å². The van der Waals surface area contributed by atoms with Crippen molar-refractivity contribution >= 4 is 5.91 Å². The minimum absolute atomic E-state index is 0.0539. The van der Waals surface area contributed by atoms with Gasteiger partial charge in [0.25, 0.3) is 5.91 Å². The van der Waals surface area contributed by atoms with Crippen LogP contribution in [0.15, 0.2) is 41.3 Å². The second-order valence-electron chi connectivity index (χ2n) is 7.14. The van der Waals surface area contributed by atoms with Gasteiger partial charge >= 0.3 is 0 Å². The molecule has 2 aromatic heterocycles. The Labute approximate surface area is 153 Å². The number of ether oxygens (including phenoxy) is 1. The van der Waals surface area contributed by atoms with Crippen LogP contribution in [0, 0.1) is 5.92 Å². The van der Waals surface area contributed by atoms with E-state index in [0.717, 1.165) is 38.3 Å². The summed E-state index contributed by atoms with van der Waals surface area (Å²) in [5, 5.41) is 0. The van der Waals surface area contributed by atoms with Crippen molar-refractivity contribution in [2.75, 3.05) is 32.8 Å². The maximum atomic E-state index is 12.8. The monoisotopic (exact) mass is 355 g/mol. The predicted octanol–water partition coefficient (Wildman–Crippen LogP) is 2.21. The van der Waals surface area contributed by atoms with E-state index in [2.05, 4.69) is 16.8 Å². The van der Waals surface area contributed by atoms with Crippen LogP contribution in [0.2, 0.25) is 0 Å². The molecule has 138 valence electrons. The summed E-state index contributed by atoms with van der Waals surface area (Å²) >= 11 is 0. The van der Waals surface area contributed by atoms with E-state index in [1.54, 1.807) is 18.7 Å². The Morgan fingerprint density at radius 1 is 1.27 bits per heavy atom. The lowest BCUT2D eigenvalue weighted by Crippen LogP contribution is -2.33. The van der Waals surface area contributed by atoms with Gasteiger partial charge in [0.05, 0.1) is 30.8 Å². The van der Waals surface area contributed by atoms with E-state index in [9.17, 15) is 4.79 Å². The first-order valence-electron chi connectivity index (χ1n) is 9.32. The molecule has 4 rings (SSSR count). The van der Waals surface area contributed by atoms with E-state index >= 15 is 0 Å². The zero-order chi connectivity index (χ0) is 17.9. The summed E-state index contributed by atoms with van der Waals surface area (Å²) in [4.78, 5) is 21.5. The van der Waals surface area contributed by atoms with Crippen LogP contribution >= 0.6 is 0 Å². The molecule has 0 aliphatic carbocycles. The Bertz CT molecular complexity index is 729. The van der Waals surface area contributed by atoms with Gasteiger partial charge in [0.2, 0.25) is 0 Å². The minimum atomic E-state index is 0.0539. The third kappa shape index (κ3) is 3.66. The molecule has 2 fully saturated rings. The maximum absolute atomic E-state index is 12.8. The molecule has 26 heavy (non-hydrogen) atoms. The number of aryl methyl sites for hydroxylation is 1. The Morgan fingerprint density at radius 2 is 2.19 bits per heavy atom. The minimum Gasteiger partial charge on any atom is -0.472 e. The van der Waals surface area contributed by atoms with E-state index in [1.807, 2.05) is 23.1 Å². The van der Waals surface area contributed by atoms with Crippen molar-refractivity contribution in [3.63, 3.8) is 0 Å². The Hall–Kier alpha value is -2.18. The molecule has 4 heterocycles. The van der Waals surface area contributed by atoms with Crippen LogP contribution in [-0.4, -0.2) is 59.6 Å². The highest BCUT2D eigenvalue weighted by Gasteiger charge is 2.38. The normalized spacial score (nSPS) is 23.7. The average Bonchev–Trinajstić information content (AvgIpc) is 3.28. The molecule has 0 aromatic carbocycles. The third-order valence-electron chi connectivity index (χ3n) is 5.32. The van der Waals surface area contributed by atoms with Crippen LogP contribution in [0.3, 0.4) is 0 Å². The topological polar surface area (TPSA) is 58.8 Å². The van der Waals surface area contributed by atoms with E-state index in [1.165, 1.54) is 5.56 Å². The van der Waals surface area contributed by atoms with Gasteiger partial charge in [0.1, 0.15) is 0 Å². The third-order valence-corrected chi connectivity index (χ3v) is 5.32. The Morgan fingerprint density at radius 3 is 2.92 bits per heavy atom. The van der Waals surface area contributed by atoms with Crippen molar-refractivity contribution in [2.24, 2.45) is 5.92 Å². The number of pyridine rings is 1. The van der Waals surface area contributed by atoms with Gasteiger partial charge in [-0.05, 0) is 24.6 Å². The maximum Gasteiger partial charge on any atom is 0.255 e. The molecule has 0 bridgehead atoms. The molecule has 2 atom stereocenters. The summed E-state index contributed by atoms with van der Waals surface area (Å²) in [6.07, 6.45) is 6.20. The van der Waals surface area contributed by atoms with Gasteiger partial charge in [-0.25, -0.2) is 0 Å². The SMILES string of the molecule is CCc1ccc(C(=O)N2C[C@@H]3CN(Cc4ccoc4)CCO[C@@H]3C2)cn1. The van der Waals surface area contributed by atoms with Crippen molar-refractivity contribution < 1.29 is 13.9 Å². The van der Waals surface area contributed by atoms with Gasteiger partial charge in [0.15, 0.2) is 0 Å². The molecule has 0 N–H and O–H groups in total. The quantitative estimate of drug-likeness (QED) is 0.842. The summed E-state index contributed by atoms with van der Waals surface area (Å²) < 4.78 is 11.2. The van der Waals surface area contributed by atoms with Gasteiger partial charge in [-0.3, -0.25) is 14.7 Å². The van der Waals surface area contributed by atoms with Crippen molar-refractivity contribution in [2.45, 2.75) is 26.0 Å². The van der Waals surface area contributed by atoms with Crippen molar-refractivity contribution in [3.05, 3.63) is 53.7 Å². The first-order chi connectivity index (χ1) is 12.7. The second kappa shape index (κ2) is 7.60. The van der Waals surface area contributed by atoms with Crippen molar-refractivity contribution in [1.29, 1.82) is 0 Å². The number of furan rings is 1. The zero-order valence-electron chi connectivity index (χ0n) is 15.1. The summed E-state index contributed by atoms with van der Waals surface area (Å²) in [5.74, 6) is 0.398. The predicted molar refractivity (Wildman–Crippen MR) is 96.7 cm³/mol. The van der Waals surface area contributed by atoms with Gasteiger partial charge in [0, 0.05) is 56.1 Å². The molecule has 0 radical (unpaired) electrons. The summed E-state index contributed by atoms with van der Waals surface area (Å²) in [5.41, 5.74) is 2.84. The van der Waals surface area contributed by atoms with Crippen LogP contribution < -0.4 is 0 Å². The molecule has 2 aromatic rings. The van der Waals surface area contributed by atoms with Gasteiger partial charge < -0.3 is 14.1 Å². The van der Waals surface area contributed by atoms with E-state index in [4.69, 9.17) is 9.15 Å². The number of amides is 1. The van der Waals surface area contributed by atoms with Gasteiger partial charge in [-0.2, -0.15) is 0 Å². The van der Waals surface area contributed by atoms with E-state index in [0.29, 0.717) is 24.6 Å². The van der Waals surface area contributed by atoms with E-state index < -0.39 is 0 Å². The van der Waals surface area contributed by atoms with Crippen molar-refractivity contribution in [3.8, 4) is 0 Å². The van der Waals surface area contributed by atoms with Crippen LogP contribution in [-0.2, 0) is 17.7 Å². The highest BCUT2D eigenvalue weighted by Crippen LogP contribution is 2.25. The number of nitrogens with zero attached hydrogens (tertiary/aromatic N) is 3. The first-order valence-corrected chi connectivity index (χ1v) is 9.32. The lowest BCUT2D eigenvalue weighted by molar-refractivity contribution is 0.0483.